The minimum Gasteiger partial charge on any atom is -0.314 e. The van der Waals surface area contributed by atoms with Gasteiger partial charge in [0, 0.05) is 62.5 Å². The van der Waals surface area contributed by atoms with Crippen molar-refractivity contribution in [3.8, 4) is 0 Å². The van der Waals surface area contributed by atoms with Crippen molar-refractivity contribution in [1.29, 1.82) is 0 Å². The molecule has 1 aromatic rings. The molecule has 5 heterocycles. The molecule has 7 heteroatoms. The summed E-state index contributed by atoms with van der Waals surface area (Å²) in [6, 6.07) is 5.12. The lowest BCUT2D eigenvalue weighted by Crippen LogP contribution is -2.61. The SMILES string of the molecule is Cl.Cl.O=c1c(CN2CCCCC2)ccc2n1C[C@H]1C[C@@H]2CN(C2CNC2)C1. The smallest absolute Gasteiger partial charge is 0.255 e. The molecule has 2 bridgehead atoms. The molecule has 0 aliphatic carbocycles. The highest BCUT2D eigenvalue weighted by atomic mass is 35.5. The summed E-state index contributed by atoms with van der Waals surface area (Å²) in [4.78, 5) is 18.2. The number of hydrogen-bond donors (Lipinski definition) is 1. The van der Waals surface area contributed by atoms with Crippen LogP contribution in [0.1, 0.15) is 42.9 Å². The minimum absolute atomic E-state index is 0. The normalized spacial score (nSPS) is 28.4. The van der Waals surface area contributed by atoms with Crippen molar-refractivity contribution in [2.24, 2.45) is 5.92 Å². The van der Waals surface area contributed by atoms with Crippen molar-refractivity contribution in [3.63, 3.8) is 0 Å². The standard InChI is InChI=1S/C20H30N4O.2ClH/c25-20-16(13-22-6-2-1-3-7-22)4-5-19-17-8-15(12-24(19)20)11-23(14-17)18-9-21-10-18;;/h4-5,15,17-18,21H,1-3,6-14H2;2*1H/t15-,17+;;/m0../s1. The van der Waals surface area contributed by atoms with Crippen molar-refractivity contribution in [2.45, 2.75) is 50.7 Å². The Morgan fingerprint density at radius 2 is 1.78 bits per heavy atom. The number of nitrogens with one attached hydrogen (secondary N) is 1. The van der Waals surface area contributed by atoms with Crippen LogP contribution in [-0.4, -0.2) is 59.7 Å². The zero-order valence-corrected chi connectivity index (χ0v) is 17.6. The third kappa shape index (κ3) is 4.08. The van der Waals surface area contributed by atoms with Crippen LogP contribution < -0.4 is 10.9 Å². The van der Waals surface area contributed by atoms with E-state index in [-0.39, 0.29) is 30.4 Å². The van der Waals surface area contributed by atoms with Crippen LogP contribution in [0, 0.1) is 5.92 Å². The average Bonchev–Trinajstić information content (AvgIpc) is 2.57. The predicted octanol–water partition coefficient (Wildman–Crippen LogP) is 2.07. The largest absolute Gasteiger partial charge is 0.314 e. The molecule has 3 fully saturated rings. The molecule has 0 radical (unpaired) electrons. The van der Waals surface area contributed by atoms with Crippen LogP contribution in [0.2, 0.25) is 0 Å². The third-order valence-electron chi connectivity index (χ3n) is 6.83. The summed E-state index contributed by atoms with van der Waals surface area (Å²) in [5, 5.41) is 3.40. The van der Waals surface area contributed by atoms with Crippen LogP contribution in [0.3, 0.4) is 0 Å². The number of piperidine rings is 2. The summed E-state index contributed by atoms with van der Waals surface area (Å²) < 4.78 is 2.13. The van der Waals surface area contributed by atoms with Crippen molar-refractivity contribution in [2.75, 3.05) is 39.3 Å². The molecule has 2 atom stereocenters. The monoisotopic (exact) mass is 414 g/mol. The van der Waals surface area contributed by atoms with E-state index in [9.17, 15) is 4.79 Å². The lowest BCUT2D eigenvalue weighted by Gasteiger charge is -2.48. The van der Waals surface area contributed by atoms with Crippen LogP contribution in [0.4, 0.5) is 0 Å². The Morgan fingerprint density at radius 1 is 1.00 bits per heavy atom. The van der Waals surface area contributed by atoms with E-state index < -0.39 is 0 Å². The lowest BCUT2D eigenvalue weighted by molar-refractivity contribution is 0.0585. The van der Waals surface area contributed by atoms with Crippen LogP contribution in [0.25, 0.3) is 0 Å². The topological polar surface area (TPSA) is 40.5 Å². The van der Waals surface area contributed by atoms with Crippen LogP contribution in [0.5, 0.6) is 0 Å². The molecule has 1 aromatic heterocycles. The summed E-state index contributed by atoms with van der Waals surface area (Å²) in [7, 11) is 0. The average molecular weight is 415 g/mol. The van der Waals surface area contributed by atoms with E-state index in [1.807, 2.05) is 0 Å². The number of hydrogen-bond acceptors (Lipinski definition) is 4. The van der Waals surface area contributed by atoms with E-state index in [0.29, 0.717) is 11.8 Å². The van der Waals surface area contributed by atoms with Crippen LogP contribution in [-0.2, 0) is 13.1 Å². The zero-order valence-electron chi connectivity index (χ0n) is 15.9. The highest BCUT2D eigenvalue weighted by molar-refractivity contribution is 5.85. The number of aromatic nitrogens is 1. The van der Waals surface area contributed by atoms with E-state index in [0.717, 1.165) is 57.4 Å². The molecule has 0 spiro atoms. The van der Waals surface area contributed by atoms with E-state index >= 15 is 0 Å². The molecule has 5 rings (SSSR count). The van der Waals surface area contributed by atoms with Crippen LogP contribution >= 0.6 is 24.8 Å². The number of rotatable bonds is 3. The molecule has 0 saturated carbocycles. The molecular formula is C20H32Cl2N4O. The molecule has 27 heavy (non-hydrogen) atoms. The lowest BCUT2D eigenvalue weighted by atomic mass is 9.82. The van der Waals surface area contributed by atoms with Gasteiger partial charge in [-0.05, 0) is 44.3 Å². The fraction of sp³-hybridized carbons (Fsp3) is 0.750. The summed E-state index contributed by atoms with van der Waals surface area (Å²) >= 11 is 0. The highest BCUT2D eigenvalue weighted by Gasteiger charge is 2.38. The van der Waals surface area contributed by atoms with Gasteiger partial charge in [0.1, 0.15) is 0 Å². The van der Waals surface area contributed by atoms with Gasteiger partial charge >= 0.3 is 0 Å². The van der Waals surface area contributed by atoms with Crippen molar-refractivity contribution >= 4 is 24.8 Å². The van der Waals surface area contributed by atoms with E-state index in [1.165, 1.54) is 37.9 Å². The molecule has 4 aliphatic heterocycles. The fourth-order valence-electron chi connectivity index (χ4n) is 5.34. The Balaban J connectivity index is 0.00000105. The van der Waals surface area contributed by atoms with Gasteiger partial charge in [-0.2, -0.15) is 0 Å². The third-order valence-corrected chi connectivity index (χ3v) is 6.83. The van der Waals surface area contributed by atoms with Gasteiger partial charge < -0.3 is 9.88 Å². The Hall–Kier alpha value is -0.590. The second kappa shape index (κ2) is 8.83. The Morgan fingerprint density at radius 3 is 2.48 bits per heavy atom. The summed E-state index contributed by atoms with van der Waals surface area (Å²) in [6.07, 6.45) is 5.17. The Labute approximate surface area is 174 Å². The number of halogens is 2. The Bertz CT molecular complexity index is 700. The molecule has 4 aliphatic rings. The first-order valence-corrected chi connectivity index (χ1v) is 10.2. The zero-order chi connectivity index (χ0) is 16.8. The van der Waals surface area contributed by atoms with Crippen molar-refractivity contribution in [3.05, 3.63) is 33.7 Å². The summed E-state index contributed by atoms with van der Waals surface area (Å²) in [5.74, 6) is 1.19. The van der Waals surface area contributed by atoms with Gasteiger partial charge in [0.05, 0.1) is 0 Å². The maximum absolute atomic E-state index is 13.1. The molecule has 152 valence electrons. The molecule has 1 N–H and O–H groups in total. The molecule has 5 nitrogen and oxygen atoms in total. The quantitative estimate of drug-likeness (QED) is 0.821. The molecule has 0 amide bonds. The number of pyridine rings is 1. The second-order valence-electron chi connectivity index (χ2n) is 8.60. The predicted molar refractivity (Wildman–Crippen MR) is 113 cm³/mol. The van der Waals surface area contributed by atoms with Gasteiger partial charge in [-0.25, -0.2) is 0 Å². The molecule has 0 aromatic carbocycles. The van der Waals surface area contributed by atoms with E-state index in [1.54, 1.807) is 0 Å². The Kier molecular flexibility index (Phi) is 6.91. The maximum Gasteiger partial charge on any atom is 0.255 e. The first kappa shape index (κ1) is 21.1. The summed E-state index contributed by atoms with van der Waals surface area (Å²) in [6.45, 7) is 8.65. The first-order valence-electron chi connectivity index (χ1n) is 10.2. The van der Waals surface area contributed by atoms with Crippen molar-refractivity contribution < 1.29 is 0 Å². The van der Waals surface area contributed by atoms with Gasteiger partial charge in [0.2, 0.25) is 0 Å². The van der Waals surface area contributed by atoms with E-state index in [4.69, 9.17) is 0 Å². The molecule has 3 saturated heterocycles. The van der Waals surface area contributed by atoms with Gasteiger partial charge in [-0.3, -0.25) is 14.6 Å². The van der Waals surface area contributed by atoms with Gasteiger partial charge in [-0.1, -0.05) is 12.5 Å². The first-order chi connectivity index (χ1) is 12.3. The van der Waals surface area contributed by atoms with Gasteiger partial charge in [0.15, 0.2) is 0 Å². The fourth-order valence-corrected chi connectivity index (χ4v) is 5.34. The minimum atomic E-state index is 0. The van der Waals surface area contributed by atoms with Crippen molar-refractivity contribution in [1.82, 2.24) is 19.7 Å². The second-order valence-corrected chi connectivity index (χ2v) is 8.60. The highest BCUT2D eigenvalue weighted by Crippen LogP contribution is 2.36. The number of fused-ring (bicyclic) bond motifs is 4. The number of nitrogens with zero attached hydrogens (tertiary/aromatic N) is 3. The maximum atomic E-state index is 13.1. The van der Waals surface area contributed by atoms with Crippen LogP contribution in [0.15, 0.2) is 16.9 Å². The van der Waals surface area contributed by atoms with Gasteiger partial charge in [-0.15, -0.1) is 24.8 Å². The van der Waals surface area contributed by atoms with Gasteiger partial charge in [0.25, 0.3) is 5.56 Å². The van der Waals surface area contributed by atoms with E-state index in [2.05, 4.69) is 31.8 Å². The summed E-state index contributed by atoms with van der Waals surface area (Å²) in [5.41, 5.74) is 2.59. The molecule has 0 unspecified atom stereocenters. The molecular weight excluding hydrogens is 383 g/mol. The number of likely N-dealkylation sites (tertiary alicyclic amines) is 2.